The summed E-state index contributed by atoms with van der Waals surface area (Å²) in [6.45, 7) is 6.59. The Hall–Kier alpha value is -1.54. The number of carbonyl (C=O) groups excluding carboxylic acids is 1. The summed E-state index contributed by atoms with van der Waals surface area (Å²) in [6, 6.07) is 2.40. The molecule has 2 rings (SSSR count). The van der Waals surface area contributed by atoms with Crippen molar-refractivity contribution in [2.45, 2.75) is 32.1 Å². The largest absolute Gasteiger partial charge is 0.340 e. The van der Waals surface area contributed by atoms with E-state index in [0.29, 0.717) is 12.5 Å². The van der Waals surface area contributed by atoms with Crippen molar-refractivity contribution in [1.82, 2.24) is 9.21 Å². The number of amides is 1. The van der Waals surface area contributed by atoms with E-state index in [9.17, 15) is 22.0 Å². The number of piperazine rings is 1. The molecule has 1 aromatic carbocycles. The maximum absolute atomic E-state index is 13.8. The van der Waals surface area contributed by atoms with Crippen molar-refractivity contribution < 1.29 is 22.0 Å². The molecule has 1 fully saturated rings. The summed E-state index contributed by atoms with van der Waals surface area (Å²) in [5.41, 5.74) is -0.141. The summed E-state index contributed by atoms with van der Waals surface area (Å²) in [4.78, 5) is 13.3. The van der Waals surface area contributed by atoms with Gasteiger partial charge in [-0.05, 0) is 17.5 Å². The summed E-state index contributed by atoms with van der Waals surface area (Å²) >= 11 is 0. The predicted molar refractivity (Wildman–Crippen MR) is 85.8 cm³/mol. The van der Waals surface area contributed by atoms with E-state index in [1.54, 1.807) is 4.90 Å². The Morgan fingerprint density at radius 1 is 1.12 bits per heavy atom. The number of carbonyl (C=O) groups is 1. The summed E-state index contributed by atoms with van der Waals surface area (Å²) in [6.07, 6.45) is 0.381. The lowest BCUT2D eigenvalue weighted by Crippen LogP contribution is -2.51. The average molecular weight is 360 g/mol. The maximum atomic E-state index is 13.8. The first-order valence-electron chi connectivity index (χ1n) is 7.74. The van der Waals surface area contributed by atoms with Crippen molar-refractivity contribution in [2.24, 2.45) is 5.41 Å². The van der Waals surface area contributed by atoms with Crippen LogP contribution in [0.4, 0.5) is 8.78 Å². The second-order valence-corrected chi connectivity index (χ2v) is 9.00. The van der Waals surface area contributed by atoms with Gasteiger partial charge in [-0.1, -0.05) is 20.8 Å². The Balaban J connectivity index is 2.07. The molecule has 8 heteroatoms. The lowest BCUT2D eigenvalue weighted by Gasteiger charge is -2.35. The summed E-state index contributed by atoms with van der Waals surface area (Å²) in [7, 11) is -4.04. The van der Waals surface area contributed by atoms with Crippen LogP contribution in [0.5, 0.6) is 0 Å². The van der Waals surface area contributed by atoms with Crippen LogP contribution in [-0.4, -0.2) is 49.7 Å². The molecule has 0 bridgehead atoms. The number of halogens is 2. The number of rotatable bonds is 3. The predicted octanol–water partition coefficient (Wildman–Crippen LogP) is 2.23. The van der Waals surface area contributed by atoms with Gasteiger partial charge in [0.25, 0.3) is 0 Å². The highest BCUT2D eigenvalue weighted by Gasteiger charge is 2.32. The van der Waals surface area contributed by atoms with E-state index in [2.05, 4.69) is 0 Å². The fourth-order valence-corrected chi connectivity index (χ4v) is 4.03. The molecule has 1 heterocycles. The molecule has 0 radical (unpaired) electrons. The molecule has 0 atom stereocenters. The van der Waals surface area contributed by atoms with E-state index in [0.717, 1.165) is 16.4 Å². The number of nitrogens with zero attached hydrogens (tertiary/aromatic N) is 2. The monoisotopic (exact) mass is 360 g/mol. The summed E-state index contributed by atoms with van der Waals surface area (Å²) < 4.78 is 52.8. The second-order valence-electron chi connectivity index (χ2n) is 7.10. The third kappa shape index (κ3) is 4.30. The Morgan fingerprint density at radius 2 is 1.71 bits per heavy atom. The zero-order valence-electron chi connectivity index (χ0n) is 14.1. The van der Waals surface area contributed by atoms with Gasteiger partial charge in [0, 0.05) is 38.7 Å². The topological polar surface area (TPSA) is 57.7 Å². The second kappa shape index (κ2) is 6.76. The molecular weight excluding hydrogens is 338 g/mol. The van der Waals surface area contributed by atoms with Gasteiger partial charge in [0.15, 0.2) is 0 Å². The summed E-state index contributed by atoms with van der Waals surface area (Å²) in [5, 5.41) is 0. The lowest BCUT2D eigenvalue weighted by atomic mass is 9.91. The van der Waals surface area contributed by atoms with Crippen molar-refractivity contribution in [3.05, 3.63) is 29.8 Å². The number of hydrogen-bond acceptors (Lipinski definition) is 3. The van der Waals surface area contributed by atoms with Crippen LogP contribution in [0.15, 0.2) is 23.1 Å². The smallest absolute Gasteiger partial charge is 0.246 e. The van der Waals surface area contributed by atoms with E-state index in [-0.39, 0.29) is 37.5 Å². The molecule has 1 aromatic rings. The molecule has 1 aliphatic heterocycles. The Bertz CT molecular complexity index is 721. The van der Waals surface area contributed by atoms with E-state index < -0.39 is 26.6 Å². The van der Waals surface area contributed by atoms with Crippen molar-refractivity contribution in [1.29, 1.82) is 0 Å². The standard InChI is InChI=1S/C16H22F2N2O3S/c1-16(2,3)11-15(21)19-6-8-20(9-7-19)24(22,23)14-5-4-12(17)10-13(14)18/h4-5,10H,6-9,11H2,1-3H3. The van der Waals surface area contributed by atoms with Crippen LogP contribution in [0.2, 0.25) is 0 Å². The van der Waals surface area contributed by atoms with E-state index in [4.69, 9.17) is 0 Å². The maximum Gasteiger partial charge on any atom is 0.246 e. The van der Waals surface area contributed by atoms with Gasteiger partial charge in [-0.25, -0.2) is 17.2 Å². The van der Waals surface area contributed by atoms with Crippen molar-refractivity contribution in [3.8, 4) is 0 Å². The minimum absolute atomic E-state index is 0.0208. The molecule has 24 heavy (non-hydrogen) atoms. The summed E-state index contributed by atoms with van der Waals surface area (Å²) in [5.74, 6) is -1.96. The van der Waals surface area contributed by atoms with Crippen LogP contribution in [0.1, 0.15) is 27.2 Å². The highest BCUT2D eigenvalue weighted by atomic mass is 32.2. The molecule has 1 amide bonds. The molecule has 5 nitrogen and oxygen atoms in total. The SMILES string of the molecule is CC(C)(C)CC(=O)N1CCN(S(=O)(=O)c2ccc(F)cc2F)CC1. The minimum atomic E-state index is -4.04. The van der Waals surface area contributed by atoms with Gasteiger partial charge in [0.1, 0.15) is 16.5 Å². The van der Waals surface area contributed by atoms with E-state index in [1.807, 2.05) is 20.8 Å². The molecule has 0 aliphatic carbocycles. The molecule has 1 aliphatic rings. The zero-order chi connectivity index (χ0) is 18.1. The van der Waals surface area contributed by atoms with Gasteiger partial charge in [-0.3, -0.25) is 4.79 Å². The van der Waals surface area contributed by atoms with Crippen LogP contribution in [0.3, 0.4) is 0 Å². The van der Waals surface area contributed by atoms with E-state index >= 15 is 0 Å². The minimum Gasteiger partial charge on any atom is -0.340 e. The molecule has 0 unspecified atom stereocenters. The highest BCUT2D eigenvalue weighted by Crippen LogP contribution is 2.23. The van der Waals surface area contributed by atoms with Gasteiger partial charge < -0.3 is 4.90 Å². The van der Waals surface area contributed by atoms with Crippen LogP contribution in [0.25, 0.3) is 0 Å². The molecule has 1 saturated heterocycles. The van der Waals surface area contributed by atoms with Gasteiger partial charge in [-0.2, -0.15) is 4.31 Å². The molecule has 0 saturated carbocycles. The number of benzene rings is 1. The van der Waals surface area contributed by atoms with Crippen molar-refractivity contribution in [3.63, 3.8) is 0 Å². The Kier molecular flexibility index (Phi) is 5.29. The first kappa shape index (κ1) is 18.8. The lowest BCUT2D eigenvalue weighted by molar-refractivity contribution is -0.134. The quantitative estimate of drug-likeness (QED) is 0.831. The van der Waals surface area contributed by atoms with Crippen LogP contribution in [0, 0.1) is 17.0 Å². The zero-order valence-corrected chi connectivity index (χ0v) is 14.9. The van der Waals surface area contributed by atoms with Gasteiger partial charge in [0.05, 0.1) is 0 Å². The molecule has 0 spiro atoms. The molecule has 0 aromatic heterocycles. The van der Waals surface area contributed by atoms with E-state index in [1.165, 1.54) is 0 Å². The first-order valence-corrected chi connectivity index (χ1v) is 9.18. The molecule has 0 N–H and O–H groups in total. The third-order valence-electron chi connectivity index (χ3n) is 3.78. The first-order chi connectivity index (χ1) is 11.0. The fraction of sp³-hybridized carbons (Fsp3) is 0.562. The van der Waals surface area contributed by atoms with Gasteiger partial charge >= 0.3 is 0 Å². The molecule has 134 valence electrons. The number of hydrogen-bond donors (Lipinski definition) is 0. The third-order valence-corrected chi connectivity index (χ3v) is 5.72. The average Bonchev–Trinajstić information content (AvgIpc) is 2.45. The van der Waals surface area contributed by atoms with Gasteiger partial charge in [-0.15, -0.1) is 0 Å². The van der Waals surface area contributed by atoms with Crippen LogP contribution < -0.4 is 0 Å². The van der Waals surface area contributed by atoms with Crippen LogP contribution >= 0.6 is 0 Å². The van der Waals surface area contributed by atoms with Crippen LogP contribution in [-0.2, 0) is 14.8 Å². The van der Waals surface area contributed by atoms with Crippen molar-refractivity contribution >= 4 is 15.9 Å². The normalized spacial score (nSPS) is 17.1. The Labute approximate surface area is 141 Å². The van der Waals surface area contributed by atoms with Crippen molar-refractivity contribution in [2.75, 3.05) is 26.2 Å². The fourth-order valence-electron chi connectivity index (χ4n) is 2.57. The van der Waals surface area contributed by atoms with Gasteiger partial charge in [0.2, 0.25) is 15.9 Å². The molecular formula is C16H22F2N2O3S. The Morgan fingerprint density at radius 3 is 2.21 bits per heavy atom. The number of sulfonamides is 1. The highest BCUT2D eigenvalue weighted by molar-refractivity contribution is 7.89.